The highest BCUT2D eigenvalue weighted by Gasteiger charge is 2.13. The molecule has 3 aromatic rings. The van der Waals surface area contributed by atoms with E-state index in [0.29, 0.717) is 23.3 Å². The van der Waals surface area contributed by atoms with Gasteiger partial charge in [0.1, 0.15) is 17.2 Å². The van der Waals surface area contributed by atoms with Crippen LogP contribution in [0.4, 0.5) is 5.82 Å². The number of carbonyl (C=O) groups excluding carboxylic acids is 2. The van der Waals surface area contributed by atoms with Crippen LogP contribution >= 0.6 is 0 Å². The molecule has 0 saturated carbocycles. The SMILES string of the molecule is CNc1cnc(C(=O)O)cn1.COc1cnc(C(=O)N(C)OC)cn1.COc1cnc(C(C)=O)cn1. The molecule has 36 heavy (non-hydrogen) atoms. The summed E-state index contributed by atoms with van der Waals surface area (Å²) < 4.78 is 9.57. The highest BCUT2D eigenvalue weighted by Crippen LogP contribution is 2.05. The number of nitrogens with one attached hydrogen (secondary N) is 1. The van der Waals surface area contributed by atoms with Gasteiger partial charge in [0.15, 0.2) is 11.5 Å². The van der Waals surface area contributed by atoms with Crippen molar-refractivity contribution < 1.29 is 33.8 Å². The van der Waals surface area contributed by atoms with Crippen molar-refractivity contribution in [3.8, 4) is 11.8 Å². The Kier molecular flexibility index (Phi) is 12.3. The molecule has 0 spiro atoms. The molecule has 0 aliphatic carbocycles. The van der Waals surface area contributed by atoms with Crippen LogP contribution in [0.25, 0.3) is 0 Å². The number of aromatic carboxylic acids is 1. The molecule has 192 valence electrons. The van der Waals surface area contributed by atoms with Crippen molar-refractivity contribution in [2.75, 3.05) is 40.7 Å². The van der Waals surface area contributed by atoms with Crippen molar-refractivity contribution in [3.05, 3.63) is 54.3 Å². The van der Waals surface area contributed by atoms with Gasteiger partial charge in [-0.05, 0) is 0 Å². The Morgan fingerprint density at radius 3 is 1.61 bits per heavy atom. The first-order valence-corrected chi connectivity index (χ1v) is 9.95. The van der Waals surface area contributed by atoms with E-state index in [1.807, 2.05) is 0 Å². The van der Waals surface area contributed by atoms with Gasteiger partial charge in [-0.2, -0.15) is 0 Å². The summed E-state index contributed by atoms with van der Waals surface area (Å²) in [5, 5.41) is 12.2. The molecule has 15 heteroatoms. The van der Waals surface area contributed by atoms with Crippen LogP contribution in [0, 0.1) is 0 Å². The zero-order valence-corrected chi connectivity index (χ0v) is 20.5. The van der Waals surface area contributed by atoms with Gasteiger partial charge in [0.25, 0.3) is 5.91 Å². The van der Waals surface area contributed by atoms with Crippen LogP contribution in [-0.2, 0) is 4.84 Å². The predicted octanol–water partition coefficient (Wildman–Crippen LogP) is 1.02. The summed E-state index contributed by atoms with van der Waals surface area (Å²) in [6.45, 7) is 1.44. The molecule has 15 nitrogen and oxygen atoms in total. The minimum Gasteiger partial charge on any atom is -0.480 e. The van der Waals surface area contributed by atoms with E-state index >= 15 is 0 Å². The first-order chi connectivity index (χ1) is 17.2. The average molecular weight is 502 g/mol. The van der Waals surface area contributed by atoms with Crippen molar-refractivity contribution in [3.63, 3.8) is 0 Å². The molecule has 0 atom stereocenters. The number of nitrogens with zero attached hydrogens (tertiary/aromatic N) is 7. The molecule has 0 aliphatic heterocycles. The van der Waals surface area contributed by atoms with E-state index in [2.05, 4.69) is 35.2 Å². The van der Waals surface area contributed by atoms with Crippen LogP contribution < -0.4 is 14.8 Å². The summed E-state index contributed by atoms with van der Waals surface area (Å²) in [4.78, 5) is 59.8. The van der Waals surface area contributed by atoms with E-state index in [4.69, 9.17) is 19.4 Å². The standard InChI is InChI=1S/C8H11N3O3.C7H8N2O2.C6H7N3O2/c1-11(14-3)8(12)6-4-10-7(13-2)5-9-6;1-5(10)6-3-9-7(11-2)4-8-6;1-7-5-3-8-4(2-9-5)6(10)11/h4-5H,1-3H3;3-4H,1-2H3;2-3H,1H3,(H,7,9)(H,10,11). The number of amides is 1. The number of methoxy groups -OCH3 is 2. The highest BCUT2D eigenvalue weighted by molar-refractivity contribution is 5.91. The number of carboxylic acids is 1. The van der Waals surface area contributed by atoms with E-state index < -0.39 is 5.97 Å². The molecule has 1 amide bonds. The number of anilines is 1. The fourth-order valence-electron chi connectivity index (χ4n) is 1.95. The number of carbonyl (C=O) groups is 3. The minimum absolute atomic E-state index is 0.0519. The molecule has 3 rings (SSSR count). The molecule has 0 saturated heterocycles. The maximum absolute atomic E-state index is 11.4. The Balaban J connectivity index is 0.000000273. The summed E-state index contributed by atoms with van der Waals surface area (Å²) in [6.07, 6.45) is 8.07. The summed E-state index contributed by atoms with van der Waals surface area (Å²) in [7, 11) is 7.55. The number of hydroxylamine groups is 2. The predicted molar refractivity (Wildman–Crippen MR) is 125 cm³/mol. The van der Waals surface area contributed by atoms with Crippen LogP contribution in [0.3, 0.4) is 0 Å². The van der Waals surface area contributed by atoms with Crippen molar-refractivity contribution in [2.24, 2.45) is 0 Å². The smallest absolute Gasteiger partial charge is 0.356 e. The number of ketones is 1. The van der Waals surface area contributed by atoms with Crippen LogP contribution in [-0.4, -0.2) is 93.2 Å². The molecule has 0 fully saturated rings. The first kappa shape index (κ1) is 29.2. The fraction of sp³-hybridized carbons (Fsp3) is 0.286. The largest absolute Gasteiger partial charge is 0.480 e. The number of hydrogen-bond acceptors (Lipinski definition) is 13. The summed E-state index contributed by atoms with van der Waals surface area (Å²) in [5.41, 5.74) is 0.505. The maximum Gasteiger partial charge on any atom is 0.356 e. The molecular formula is C21H26N8O7. The molecule has 2 N–H and O–H groups in total. The third-order valence-electron chi connectivity index (χ3n) is 3.94. The number of aromatic nitrogens is 6. The maximum atomic E-state index is 11.4. The lowest BCUT2D eigenvalue weighted by Gasteiger charge is -2.12. The number of hydrogen-bond donors (Lipinski definition) is 2. The Bertz CT molecular complexity index is 1050. The lowest BCUT2D eigenvalue weighted by atomic mass is 10.3. The summed E-state index contributed by atoms with van der Waals surface area (Å²) in [5.74, 6) is -0.199. The molecule has 0 aromatic carbocycles. The number of rotatable bonds is 7. The van der Waals surface area contributed by atoms with E-state index in [0.717, 1.165) is 5.06 Å². The van der Waals surface area contributed by atoms with Crippen molar-refractivity contribution in [1.82, 2.24) is 35.0 Å². The summed E-state index contributed by atoms with van der Waals surface area (Å²) >= 11 is 0. The Labute approximate surface area is 206 Å². The van der Waals surface area contributed by atoms with Gasteiger partial charge in [-0.25, -0.2) is 39.8 Å². The molecule has 0 aliphatic rings. The second kappa shape index (κ2) is 15.2. The van der Waals surface area contributed by atoms with E-state index in [-0.39, 0.29) is 23.1 Å². The lowest BCUT2D eigenvalue weighted by molar-refractivity contribution is -0.0760. The van der Waals surface area contributed by atoms with Crippen LogP contribution in [0.15, 0.2) is 37.2 Å². The van der Waals surface area contributed by atoms with Crippen LogP contribution in [0.1, 0.15) is 38.4 Å². The van der Waals surface area contributed by atoms with E-state index in [9.17, 15) is 14.4 Å². The van der Waals surface area contributed by atoms with Crippen molar-refractivity contribution in [1.29, 1.82) is 0 Å². The zero-order chi connectivity index (χ0) is 27.1. The van der Waals surface area contributed by atoms with Crippen LogP contribution in [0.5, 0.6) is 11.8 Å². The van der Waals surface area contributed by atoms with Gasteiger partial charge in [-0.15, -0.1) is 0 Å². The average Bonchev–Trinajstić information content (AvgIpc) is 2.92. The van der Waals surface area contributed by atoms with Gasteiger partial charge < -0.3 is 19.9 Å². The second-order valence-electron chi connectivity index (χ2n) is 6.27. The third kappa shape index (κ3) is 9.60. The van der Waals surface area contributed by atoms with Gasteiger partial charge >= 0.3 is 5.97 Å². The first-order valence-electron chi connectivity index (χ1n) is 9.95. The zero-order valence-electron chi connectivity index (χ0n) is 20.5. The second-order valence-corrected chi connectivity index (χ2v) is 6.27. The Morgan fingerprint density at radius 2 is 1.28 bits per heavy atom. The van der Waals surface area contributed by atoms with Crippen molar-refractivity contribution >= 4 is 23.5 Å². The number of Topliss-reactive ketones (excluding diaryl/α,β-unsaturated/α-hetero) is 1. The normalized spacial score (nSPS) is 9.39. The van der Waals surface area contributed by atoms with E-state index in [1.165, 1.54) is 72.5 Å². The van der Waals surface area contributed by atoms with E-state index in [1.54, 1.807) is 7.05 Å². The molecular weight excluding hydrogens is 476 g/mol. The fourth-order valence-corrected chi connectivity index (χ4v) is 1.95. The molecule has 3 heterocycles. The monoisotopic (exact) mass is 502 g/mol. The number of carboxylic acid groups (broad SMARTS) is 1. The quantitative estimate of drug-likeness (QED) is 0.343. The minimum atomic E-state index is -1.07. The van der Waals surface area contributed by atoms with Crippen LogP contribution in [0.2, 0.25) is 0 Å². The molecule has 0 unspecified atom stereocenters. The Morgan fingerprint density at radius 1 is 0.778 bits per heavy atom. The van der Waals surface area contributed by atoms with Gasteiger partial charge in [-0.1, -0.05) is 0 Å². The Hall–Kier alpha value is -4.79. The number of ether oxygens (including phenoxy) is 2. The van der Waals surface area contributed by atoms with Gasteiger partial charge in [0.2, 0.25) is 11.8 Å². The lowest BCUT2D eigenvalue weighted by Crippen LogP contribution is -2.26. The van der Waals surface area contributed by atoms with Gasteiger partial charge in [0, 0.05) is 21.0 Å². The third-order valence-corrected chi connectivity index (χ3v) is 3.94. The molecule has 0 radical (unpaired) electrons. The van der Waals surface area contributed by atoms with Gasteiger partial charge in [-0.3, -0.25) is 14.4 Å². The van der Waals surface area contributed by atoms with Gasteiger partial charge in [0.05, 0.1) is 58.5 Å². The molecule has 0 bridgehead atoms. The molecule has 3 aromatic heterocycles. The summed E-state index contributed by atoms with van der Waals surface area (Å²) in [6, 6.07) is 0. The highest BCUT2D eigenvalue weighted by atomic mass is 16.7. The van der Waals surface area contributed by atoms with Crippen molar-refractivity contribution in [2.45, 2.75) is 6.92 Å². The topological polar surface area (TPSA) is 192 Å².